The molecule has 0 saturated carbocycles. The van der Waals surface area contributed by atoms with Crippen LogP contribution in [0.25, 0.3) is 77.2 Å². The van der Waals surface area contributed by atoms with E-state index in [1.807, 2.05) is 18.2 Å². The second-order valence-electron chi connectivity index (χ2n) is 13.0. The summed E-state index contributed by atoms with van der Waals surface area (Å²) in [6.45, 7) is 4.33. The molecule has 0 amide bonds. The zero-order valence-electron chi connectivity index (χ0n) is 27.8. The van der Waals surface area contributed by atoms with E-state index >= 15 is 0 Å². The molecule has 0 fully saturated rings. The SMILES string of the molecule is C=C/C(=C\C=C\c1cccc2c1oc1ccccc12)N(c1ccc(-c2ccccc2)cc1)c1cc2c3ccccc3n3c4ccccc4c(c1)c23. The van der Waals surface area contributed by atoms with Crippen LogP contribution in [0.2, 0.25) is 0 Å². The van der Waals surface area contributed by atoms with Crippen LogP contribution in [-0.2, 0) is 0 Å². The predicted molar refractivity (Wildman–Crippen MR) is 216 cm³/mol. The van der Waals surface area contributed by atoms with Gasteiger partial charge >= 0.3 is 0 Å². The van der Waals surface area contributed by atoms with Gasteiger partial charge in [0.1, 0.15) is 11.2 Å². The van der Waals surface area contributed by atoms with Crippen LogP contribution in [0, 0.1) is 0 Å². The van der Waals surface area contributed by atoms with Gasteiger partial charge in [-0.3, -0.25) is 0 Å². The average molecular weight is 653 g/mol. The molecule has 0 atom stereocenters. The third-order valence-corrected chi connectivity index (χ3v) is 10.1. The van der Waals surface area contributed by atoms with Gasteiger partial charge in [0.15, 0.2) is 0 Å². The number of nitrogens with zero attached hydrogens (tertiary/aromatic N) is 2. The first-order valence-electron chi connectivity index (χ1n) is 17.3. The number of anilines is 2. The fourth-order valence-corrected chi connectivity index (χ4v) is 7.83. The maximum Gasteiger partial charge on any atom is 0.142 e. The van der Waals surface area contributed by atoms with Gasteiger partial charge in [-0.05, 0) is 65.7 Å². The number of para-hydroxylation sites is 4. The largest absolute Gasteiger partial charge is 0.455 e. The van der Waals surface area contributed by atoms with Gasteiger partial charge in [0.25, 0.3) is 0 Å². The van der Waals surface area contributed by atoms with Crippen molar-refractivity contribution in [2.75, 3.05) is 4.90 Å². The smallest absolute Gasteiger partial charge is 0.142 e. The second-order valence-corrected chi connectivity index (χ2v) is 13.0. The summed E-state index contributed by atoms with van der Waals surface area (Å²) in [5.41, 5.74) is 12.0. The van der Waals surface area contributed by atoms with E-state index in [2.05, 4.69) is 180 Å². The molecule has 0 N–H and O–H groups in total. The molecule has 3 heteroatoms. The lowest BCUT2D eigenvalue weighted by Gasteiger charge is -2.27. The minimum absolute atomic E-state index is 0.889. The molecular formula is C48H32N2O. The van der Waals surface area contributed by atoms with Gasteiger partial charge in [0, 0.05) is 55.0 Å². The lowest BCUT2D eigenvalue weighted by molar-refractivity contribution is 0.668. The van der Waals surface area contributed by atoms with E-state index in [0.29, 0.717) is 0 Å². The van der Waals surface area contributed by atoms with Crippen LogP contribution in [0.1, 0.15) is 5.56 Å². The monoisotopic (exact) mass is 652 g/mol. The van der Waals surface area contributed by atoms with E-state index < -0.39 is 0 Å². The number of aromatic nitrogens is 1. The summed E-state index contributed by atoms with van der Waals surface area (Å²) in [7, 11) is 0. The van der Waals surface area contributed by atoms with Gasteiger partial charge in [-0.25, -0.2) is 0 Å². The summed E-state index contributed by atoms with van der Waals surface area (Å²) < 4.78 is 8.74. The van der Waals surface area contributed by atoms with Crippen molar-refractivity contribution >= 4 is 77.5 Å². The van der Waals surface area contributed by atoms with Crippen molar-refractivity contribution in [3.8, 4) is 11.1 Å². The van der Waals surface area contributed by atoms with Crippen molar-refractivity contribution in [2.24, 2.45) is 0 Å². The first-order chi connectivity index (χ1) is 25.3. The number of benzene rings is 7. The van der Waals surface area contributed by atoms with Crippen LogP contribution >= 0.6 is 0 Å². The summed E-state index contributed by atoms with van der Waals surface area (Å²) in [5, 5.41) is 7.19. The van der Waals surface area contributed by atoms with Crippen molar-refractivity contribution in [2.45, 2.75) is 0 Å². The molecule has 51 heavy (non-hydrogen) atoms. The molecule has 0 bridgehead atoms. The summed E-state index contributed by atoms with van der Waals surface area (Å²) in [5.74, 6) is 0. The van der Waals surface area contributed by atoms with Crippen LogP contribution in [0.3, 0.4) is 0 Å². The van der Waals surface area contributed by atoms with Gasteiger partial charge in [0.2, 0.25) is 0 Å². The van der Waals surface area contributed by atoms with E-state index in [-0.39, 0.29) is 0 Å². The van der Waals surface area contributed by atoms with E-state index in [0.717, 1.165) is 44.6 Å². The first-order valence-corrected chi connectivity index (χ1v) is 17.3. The van der Waals surface area contributed by atoms with Gasteiger partial charge in [-0.15, -0.1) is 0 Å². The molecule has 0 aliphatic heterocycles. The van der Waals surface area contributed by atoms with Crippen LogP contribution in [0.4, 0.5) is 11.4 Å². The number of rotatable bonds is 7. The highest BCUT2D eigenvalue weighted by atomic mass is 16.3. The minimum Gasteiger partial charge on any atom is -0.455 e. The Labute approximate surface area is 295 Å². The fourth-order valence-electron chi connectivity index (χ4n) is 7.83. The fraction of sp³-hybridized carbons (Fsp3) is 0. The Morgan fingerprint density at radius 3 is 1.86 bits per heavy atom. The summed E-state index contributed by atoms with van der Waals surface area (Å²) in [6, 6.07) is 56.0. The maximum absolute atomic E-state index is 6.32. The molecule has 0 aliphatic rings. The van der Waals surface area contributed by atoms with E-state index in [1.165, 1.54) is 49.2 Å². The van der Waals surface area contributed by atoms with Crippen LogP contribution in [-0.4, -0.2) is 4.40 Å². The second kappa shape index (κ2) is 11.6. The average Bonchev–Trinajstić information content (AvgIpc) is 3.85. The van der Waals surface area contributed by atoms with Crippen molar-refractivity contribution in [1.82, 2.24) is 4.40 Å². The molecule has 3 nitrogen and oxygen atoms in total. The Kier molecular flexibility index (Phi) is 6.65. The van der Waals surface area contributed by atoms with E-state index in [1.54, 1.807) is 0 Å². The topological polar surface area (TPSA) is 20.8 Å². The van der Waals surface area contributed by atoms with Crippen molar-refractivity contribution in [3.05, 3.63) is 194 Å². The van der Waals surface area contributed by atoms with E-state index in [4.69, 9.17) is 4.42 Å². The highest BCUT2D eigenvalue weighted by Gasteiger charge is 2.21. The summed E-state index contributed by atoms with van der Waals surface area (Å²) in [4.78, 5) is 2.32. The van der Waals surface area contributed by atoms with Gasteiger partial charge in [-0.2, -0.15) is 0 Å². The van der Waals surface area contributed by atoms with Crippen LogP contribution < -0.4 is 4.90 Å². The lowest BCUT2D eigenvalue weighted by atomic mass is 10.0. The zero-order chi connectivity index (χ0) is 33.9. The molecule has 3 heterocycles. The molecule has 10 aromatic rings. The number of allylic oxidation sites excluding steroid dienone is 3. The number of fused-ring (bicyclic) bond motifs is 9. The Morgan fingerprint density at radius 2 is 1.16 bits per heavy atom. The Bertz CT molecular complexity index is 2890. The minimum atomic E-state index is 0.889. The molecule has 0 spiro atoms. The summed E-state index contributed by atoms with van der Waals surface area (Å²) >= 11 is 0. The lowest BCUT2D eigenvalue weighted by Crippen LogP contribution is -2.15. The molecular weight excluding hydrogens is 621 g/mol. The summed E-state index contributed by atoms with van der Waals surface area (Å²) in [6.07, 6.45) is 8.30. The van der Waals surface area contributed by atoms with Gasteiger partial charge in [0.05, 0.1) is 16.6 Å². The number of hydrogen-bond acceptors (Lipinski definition) is 2. The van der Waals surface area contributed by atoms with Crippen molar-refractivity contribution in [1.29, 1.82) is 0 Å². The first kappa shape index (κ1) is 29.1. The zero-order valence-corrected chi connectivity index (χ0v) is 27.8. The highest BCUT2D eigenvalue weighted by Crippen LogP contribution is 2.43. The Hall–Kier alpha value is -6.84. The standard InChI is InChI=1S/C48H32N2O/c1-2-35(18-12-16-34-17-13-22-41-40-21-8-11-25-46(40)51-48(34)41)49(36-28-26-33(27-29-36)32-14-4-3-5-15-32)37-30-42-38-19-6-9-23-44(38)50-45-24-10-7-20-39(45)43(31-37)47(42)50/h2-31H,1H2/b16-12+,35-18+. The third-order valence-electron chi connectivity index (χ3n) is 10.1. The van der Waals surface area contributed by atoms with Crippen molar-refractivity contribution < 1.29 is 4.42 Å². The van der Waals surface area contributed by atoms with Crippen LogP contribution in [0.15, 0.2) is 193 Å². The maximum atomic E-state index is 6.32. The predicted octanol–water partition coefficient (Wildman–Crippen LogP) is 13.3. The molecule has 0 aliphatic carbocycles. The molecule has 0 saturated heterocycles. The molecule has 3 aromatic heterocycles. The Morgan fingerprint density at radius 1 is 0.549 bits per heavy atom. The van der Waals surface area contributed by atoms with E-state index in [9.17, 15) is 0 Å². The third kappa shape index (κ3) is 4.59. The molecule has 0 unspecified atom stereocenters. The quantitative estimate of drug-likeness (QED) is 0.160. The molecule has 10 rings (SSSR count). The number of hydrogen-bond donors (Lipinski definition) is 0. The number of furan rings is 1. The highest BCUT2D eigenvalue weighted by molar-refractivity contribution is 6.24. The Balaban J connectivity index is 1.16. The van der Waals surface area contributed by atoms with Crippen molar-refractivity contribution in [3.63, 3.8) is 0 Å². The van der Waals surface area contributed by atoms with Gasteiger partial charge < -0.3 is 13.7 Å². The molecule has 0 radical (unpaired) electrons. The van der Waals surface area contributed by atoms with Crippen LogP contribution in [0.5, 0.6) is 0 Å². The van der Waals surface area contributed by atoms with Gasteiger partial charge in [-0.1, -0.05) is 134 Å². The molecule has 240 valence electrons. The molecule has 7 aromatic carbocycles. The normalized spacial score (nSPS) is 12.4.